The number of benzene rings is 2. The Bertz CT molecular complexity index is 1320. The Balaban J connectivity index is 1.52. The Morgan fingerprint density at radius 3 is 2.52 bits per heavy atom. The summed E-state index contributed by atoms with van der Waals surface area (Å²) in [4.78, 5) is 31.5. The quantitative estimate of drug-likeness (QED) is 0.224. The van der Waals surface area contributed by atoms with E-state index in [-0.39, 0.29) is 36.8 Å². The highest BCUT2D eigenvalue weighted by Crippen LogP contribution is 2.35. The van der Waals surface area contributed by atoms with Crippen molar-refractivity contribution >= 4 is 23.7 Å². The van der Waals surface area contributed by atoms with Crippen molar-refractivity contribution in [3.8, 4) is 5.75 Å². The highest BCUT2D eigenvalue weighted by molar-refractivity contribution is 7.89. The van der Waals surface area contributed by atoms with E-state index in [2.05, 4.69) is 5.32 Å². The van der Waals surface area contributed by atoms with Crippen LogP contribution in [0.4, 0.5) is 4.79 Å². The predicted molar refractivity (Wildman–Crippen MR) is 150 cm³/mol. The minimum atomic E-state index is -4.39. The van der Waals surface area contributed by atoms with Crippen molar-refractivity contribution in [3.05, 3.63) is 60.2 Å². The third-order valence-corrected chi connectivity index (χ3v) is 10.0. The van der Waals surface area contributed by atoms with E-state index in [0.717, 1.165) is 9.87 Å². The van der Waals surface area contributed by atoms with E-state index in [1.165, 1.54) is 31.4 Å². The molecule has 4 N–H and O–H groups in total. The Kier molecular flexibility index (Phi) is 11.0. The lowest BCUT2D eigenvalue weighted by molar-refractivity contribution is -0.0907. The van der Waals surface area contributed by atoms with Crippen LogP contribution in [0.25, 0.3) is 0 Å². The topological polar surface area (TPSA) is 181 Å². The fourth-order valence-electron chi connectivity index (χ4n) is 5.02. The maximum atomic E-state index is 13.6. The summed E-state index contributed by atoms with van der Waals surface area (Å²) in [6.45, 7) is -0.0469. The number of rotatable bonds is 14. The molecule has 0 aromatic heterocycles. The van der Waals surface area contributed by atoms with Gasteiger partial charge in [-0.2, -0.15) is 4.31 Å². The number of methoxy groups -OCH3 is 1. The van der Waals surface area contributed by atoms with Gasteiger partial charge in [-0.25, -0.2) is 13.2 Å². The fourth-order valence-corrected chi connectivity index (χ4v) is 7.07. The summed E-state index contributed by atoms with van der Waals surface area (Å²) in [7, 11) is -7.16. The molecule has 5 atom stereocenters. The third-order valence-electron chi connectivity index (χ3n) is 7.25. The standard InChI is InChI=1S/C27H37N2O11PS/c1-37-20-8-10-21(11-9-20)42(35,36)29(13-5-15-41(32,33)34)17-24(30)23(16-19-6-3-2-4-7-19)28-27(31)40-25-18-39-26-22(25)12-14-38-26/h2-4,6-11,22-26,30H,5,12-18H2,1H3,(H,28,31)(H2,32,33,34). The molecule has 2 fully saturated rings. The Labute approximate surface area is 244 Å². The minimum Gasteiger partial charge on any atom is -0.497 e. The summed E-state index contributed by atoms with van der Waals surface area (Å²) >= 11 is 0. The summed E-state index contributed by atoms with van der Waals surface area (Å²) < 4.78 is 61.3. The highest BCUT2D eigenvalue weighted by atomic mass is 32.2. The van der Waals surface area contributed by atoms with Gasteiger partial charge in [0.05, 0.1) is 49.4 Å². The molecule has 0 radical (unpaired) electrons. The summed E-state index contributed by atoms with van der Waals surface area (Å²) in [5.41, 5.74) is 0.779. The van der Waals surface area contributed by atoms with Crippen LogP contribution in [0.2, 0.25) is 0 Å². The van der Waals surface area contributed by atoms with Crippen molar-refractivity contribution in [2.45, 2.75) is 48.7 Å². The van der Waals surface area contributed by atoms with Gasteiger partial charge in [-0.15, -0.1) is 0 Å². The van der Waals surface area contributed by atoms with E-state index in [1.54, 1.807) is 12.1 Å². The second-order valence-electron chi connectivity index (χ2n) is 10.3. The van der Waals surface area contributed by atoms with E-state index in [9.17, 15) is 32.7 Å². The normalized spacial score (nSPS) is 22.0. The maximum absolute atomic E-state index is 13.6. The van der Waals surface area contributed by atoms with Crippen LogP contribution >= 0.6 is 7.60 Å². The lowest BCUT2D eigenvalue weighted by atomic mass is 10.0. The average molecular weight is 629 g/mol. The molecule has 232 valence electrons. The first-order chi connectivity index (χ1) is 20.0. The molecule has 0 bridgehead atoms. The van der Waals surface area contributed by atoms with Crippen molar-refractivity contribution < 1.29 is 51.6 Å². The molecule has 0 aliphatic carbocycles. The fraction of sp³-hybridized carbons (Fsp3) is 0.519. The molecule has 5 unspecified atom stereocenters. The third kappa shape index (κ3) is 8.74. The molecular weight excluding hydrogens is 591 g/mol. The number of amides is 1. The molecule has 2 aromatic carbocycles. The first-order valence-corrected chi connectivity index (χ1v) is 16.8. The SMILES string of the molecule is COc1ccc(S(=O)(=O)N(CCCP(=O)(O)O)CC(O)C(Cc2ccccc2)NC(=O)OC2COC3OCCC23)cc1. The molecule has 0 saturated carbocycles. The number of carbonyl (C=O) groups excluding carboxylic acids is 1. The van der Waals surface area contributed by atoms with Crippen LogP contribution < -0.4 is 10.1 Å². The van der Waals surface area contributed by atoms with Gasteiger partial charge in [-0.1, -0.05) is 30.3 Å². The van der Waals surface area contributed by atoms with Crippen molar-refractivity contribution in [3.63, 3.8) is 0 Å². The predicted octanol–water partition coefficient (Wildman–Crippen LogP) is 1.71. The molecule has 0 spiro atoms. The van der Waals surface area contributed by atoms with Crippen LogP contribution in [0.5, 0.6) is 5.75 Å². The van der Waals surface area contributed by atoms with Gasteiger partial charge in [0.1, 0.15) is 11.9 Å². The largest absolute Gasteiger partial charge is 0.497 e. The van der Waals surface area contributed by atoms with Crippen molar-refractivity contribution in [1.29, 1.82) is 0 Å². The molecular formula is C27H37N2O11PS. The van der Waals surface area contributed by atoms with E-state index < -0.39 is 61.0 Å². The van der Waals surface area contributed by atoms with Gasteiger partial charge >= 0.3 is 13.7 Å². The summed E-state index contributed by atoms with van der Waals surface area (Å²) in [6, 6.07) is 13.7. The average Bonchev–Trinajstić information content (AvgIpc) is 3.57. The first kappa shape index (κ1) is 32.4. The molecule has 2 heterocycles. The number of fused-ring (bicyclic) bond motifs is 1. The first-order valence-electron chi connectivity index (χ1n) is 13.6. The number of sulfonamides is 1. The number of nitrogens with one attached hydrogen (secondary N) is 1. The zero-order valence-corrected chi connectivity index (χ0v) is 24.9. The molecule has 42 heavy (non-hydrogen) atoms. The van der Waals surface area contributed by atoms with Gasteiger partial charge in [0.25, 0.3) is 0 Å². The van der Waals surface area contributed by atoms with E-state index in [1.807, 2.05) is 18.2 Å². The second-order valence-corrected chi connectivity index (χ2v) is 14.0. The summed E-state index contributed by atoms with van der Waals surface area (Å²) in [5.74, 6) is 0.350. The number of hydrogen-bond acceptors (Lipinski definition) is 9. The number of nitrogens with zero attached hydrogens (tertiary/aromatic N) is 1. The monoisotopic (exact) mass is 628 g/mol. The minimum absolute atomic E-state index is 0.0896. The summed E-state index contributed by atoms with van der Waals surface area (Å²) in [5, 5.41) is 14.1. The number of aliphatic hydroxyl groups is 1. The van der Waals surface area contributed by atoms with Crippen LogP contribution in [0.1, 0.15) is 18.4 Å². The summed E-state index contributed by atoms with van der Waals surface area (Å²) in [6.07, 6.45) is -2.99. The number of hydrogen-bond donors (Lipinski definition) is 4. The molecule has 2 aliphatic heterocycles. The van der Waals surface area contributed by atoms with Crippen molar-refractivity contribution in [2.75, 3.05) is 39.6 Å². The van der Waals surface area contributed by atoms with Crippen LogP contribution in [0.15, 0.2) is 59.5 Å². The van der Waals surface area contributed by atoms with Gasteiger partial charge in [0.15, 0.2) is 6.29 Å². The van der Waals surface area contributed by atoms with Gasteiger partial charge in [0, 0.05) is 13.1 Å². The van der Waals surface area contributed by atoms with Gasteiger partial charge < -0.3 is 39.2 Å². The number of carbonyl (C=O) groups is 1. The number of ether oxygens (including phenoxy) is 4. The number of aliphatic hydroxyl groups excluding tert-OH is 1. The Hall–Kier alpha value is -2.55. The smallest absolute Gasteiger partial charge is 0.407 e. The number of alkyl carbamates (subject to hydrolysis) is 1. The van der Waals surface area contributed by atoms with Gasteiger partial charge in [-0.3, -0.25) is 4.57 Å². The molecule has 2 aliphatic rings. The zero-order valence-electron chi connectivity index (χ0n) is 23.2. The lowest BCUT2D eigenvalue weighted by Gasteiger charge is -2.30. The zero-order chi connectivity index (χ0) is 30.3. The van der Waals surface area contributed by atoms with E-state index in [0.29, 0.717) is 18.8 Å². The Morgan fingerprint density at radius 1 is 1.14 bits per heavy atom. The van der Waals surface area contributed by atoms with Crippen LogP contribution in [0.3, 0.4) is 0 Å². The molecule has 2 aromatic rings. The van der Waals surface area contributed by atoms with Crippen LogP contribution in [0, 0.1) is 5.92 Å². The highest BCUT2D eigenvalue weighted by Gasteiger charge is 2.44. The molecule has 1 amide bonds. The van der Waals surface area contributed by atoms with Crippen molar-refractivity contribution in [1.82, 2.24) is 9.62 Å². The van der Waals surface area contributed by atoms with Crippen LogP contribution in [-0.4, -0.2) is 97.8 Å². The van der Waals surface area contributed by atoms with Crippen LogP contribution in [-0.2, 0) is 35.2 Å². The van der Waals surface area contributed by atoms with E-state index in [4.69, 9.17) is 18.9 Å². The van der Waals surface area contributed by atoms with Crippen molar-refractivity contribution in [2.24, 2.45) is 5.92 Å². The Morgan fingerprint density at radius 2 is 1.86 bits per heavy atom. The second kappa shape index (κ2) is 14.3. The molecule has 4 rings (SSSR count). The van der Waals surface area contributed by atoms with Gasteiger partial charge in [0.2, 0.25) is 10.0 Å². The maximum Gasteiger partial charge on any atom is 0.407 e. The molecule has 13 nitrogen and oxygen atoms in total. The lowest BCUT2D eigenvalue weighted by Crippen LogP contribution is -2.51. The molecule has 2 saturated heterocycles. The molecule has 15 heteroatoms. The van der Waals surface area contributed by atoms with Gasteiger partial charge in [-0.05, 0) is 49.1 Å². The van der Waals surface area contributed by atoms with E-state index >= 15 is 0 Å².